The molecule has 0 aromatic heterocycles. The summed E-state index contributed by atoms with van der Waals surface area (Å²) in [6.45, 7) is 8.57. The van der Waals surface area contributed by atoms with Gasteiger partial charge in [-0.15, -0.1) is 0 Å². The molecule has 3 nitrogen and oxygen atoms in total. The number of hydrogen-bond acceptors (Lipinski definition) is 3. The number of hydrogen-bond donors (Lipinski definition) is 2. The Bertz CT molecular complexity index is 428. The van der Waals surface area contributed by atoms with Gasteiger partial charge in [0.2, 0.25) is 0 Å². The van der Waals surface area contributed by atoms with E-state index >= 15 is 0 Å². The van der Waals surface area contributed by atoms with Crippen molar-refractivity contribution in [1.29, 1.82) is 0 Å². The predicted molar refractivity (Wildman–Crippen MR) is 81.5 cm³/mol. The number of β-amino-alcohol motifs (C(OH)–C–C–N with tert-alkyl or cyclic N) is 1. The quantitative estimate of drug-likeness (QED) is 0.889. The minimum absolute atomic E-state index is 0.241. The average molecular weight is 277 g/mol. The fourth-order valence-corrected chi connectivity index (χ4v) is 3.21. The SMILES string of the molecule is CC1(O)CCCN(CC(C)(C)C(O)c2ccccc2)C1. The summed E-state index contributed by atoms with van der Waals surface area (Å²) < 4.78 is 0. The summed E-state index contributed by atoms with van der Waals surface area (Å²) in [4.78, 5) is 2.27. The maximum atomic E-state index is 10.6. The molecular weight excluding hydrogens is 250 g/mol. The van der Waals surface area contributed by atoms with Crippen molar-refractivity contribution in [3.63, 3.8) is 0 Å². The van der Waals surface area contributed by atoms with Crippen molar-refractivity contribution in [2.75, 3.05) is 19.6 Å². The van der Waals surface area contributed by atoms with Crippen LogP contribution in [-0.4, -0.2) is 40.3 Å². The minimum Gasteiger partial charge on any atom is -0.389 e. The van der Waals surface area contributed by atoms with Gasteiger partial charge in [-0.3, -0.25) is 4.90 Å². The molecule has 1 fully saturated rings. The van der Waals surface area contributed by atoms with Crippen molar-refractivity contribution in [2.24, 2.45) is 5.41 Å². The number of aliphatic hydroxyl groups excluding tert-OH is 1. The summed E-state index contributed by atoms with van der Waals surface area (Å²) in [6, 6.07) is 9.82. The number of benzene rings is 1. The molecule has 3 heteroatoms. The normalized spacial score (nSPS) is 26.4. The van der Waals surface area contributed by atoms with E-state index in [0.29, 0.717) is 6.54 Å². The number of likely N-dealkylation sites (tertiary alicyclic amines) is 1. The van der Waals surface area contributed by atoms with E-state index in [-0.39, 0.29) is 5.41 Å². The molecule has 1 aromatic rings. The zero-order valence-corrected chi connectivity index (χ0v) is 12.8. The second kappa shape index (κ2) is 5.84. The molecule has 0 bridgehead atoms. The standard InChI is InChI=1S/C17H27NO2/c1-16(2,15(19)14-8-5-4-6-9-14)12-18-11-7-10-17(3,20)13-18/h4-6,8-9,15,19-20H,7,10-13H2,1-3H3. The van der Waals surface area contributed by atoms with Gasteiger partial charge in [0.1, 0.15) is 0 Å². The maximum absolute atomic E-state index is 10.6. The molecule has 0 saturated carbocycles. The van der Waals surface area contributed by atoms with Gasteiger partial charge in [-0.1, -0.05) is 44.2 Å². The molecule has 20 heavy (non-hydrogen) atoms. The molecule has 112 valence electrons. The largest absolute Gasteiger partial charge is 0.389 e. The number of piperidine rings is 1. The van der Waals surface area contributed by atoms with Gasteiger partial charge in [0.05, 0.1) is 11.7 Å². The first-order valence-corrected chi connectivity index (χ1v) is 7.48. The summed E-state index contributed by atoms with van der Waals surface area (Å²) in [5.41, 5.74) is 0.127. The highest BCUT2D eigenvalue weighted by molar-refractivity contribution is 5.19. The van der Waals surface area contributed by atoms with E-state index in [1.54, 1.807) is 0 Å². The monoisotopic (exact) mass is 277 g/mol. The summed E-state index contributed by atoms with van der Waals surface area (Å²) in [6.07, 6.45) is 1.39. The van der Waals surface area contributed by atoms with Crippen molar-refractivity contribution < 1.29 is 10.2 Å². The van der Waals surface area contributed by atoms with Crippen LogP contribution in [0.25, 0.3) is 0 Å². The third kappa shape index (κ3) is 3.81. The topological polar surface area (TPSA) is 43.7 Å². The lowest BCUT2D eigenvalue weighted by molar-refractivity contribution is -0.0448. The lowest BCUT2D eigenvalue weighted by Crippen LogP contribution is -2.49. The fourth-order valence-electron chi connectivity index (χ4n) is 3.21. The van der Waals surface area contributed by atoms with Gasteiger partial charge in [-0.2, -0.15) is 0 Å². The van der Waals surface area contributed by atoms with Crippen LogP contribution in [0, 0.1) is 5.41 Å². The Morgan fingerprint density at radius 1 is 1.30 bits per heavy atom. The summed E-state index contributed by atoms with van der Waals surface area (Å²) in [7, 11) is 0. The van der Waals surface area contributed by atoms with Crippen molar-refractivity contribution in [3.8, 4) is 0 Å². The van der Waals surface area contributed by atoms with Crippen LogP contribution in [0.4, 0.5) is 0 Å². The van der Waals surface area contributed by atoms with Gasteiger partial charge >= 0.3 is 0 Å². The van der Waals surface area contributed by atoms with Gasteiger partial charge in [0.25, 0.3) is 0 Å². The highest BCUT2D eigenvalue weighted by Crippen LogP contribution is 2.35. The maximum Gasteiger partial charge on any atom is 0.0853 e. The smallest absolute Gasteiger partial charge is 0.0853 e. The fraction of sp³-hybridized carbons (Fsp3) is 0.647. The second-order valence-corrected chi connectivity index (χ2v) is 7.11. The molecule has 2 rings (SSSR count). The molecular formula is C17H27NO2. The number of aliphatic hydroxyl groups is 2. The van der Waals surface area contributed by atoms with Crippen LogP contribution < -0.4 is 0 Å². The molecule has 0 radical (unpaired) electrons. The Labute approximate surface area is 122 Å². The van der Waals surface area contributed by atoms with E-state index in [2.05, 4.69) is 18.7 Å². The molecule has 1 heterocycles. The molecule has 1 aliphatic heterocycles. The highest BCUT2D eigenvalue weighted by atomic mass is 16.3. The number of rotatable bonds is 4. The van der Waals surface area contributed by atoms with Crippen LogP contribution in [0.5, 0.6) is 0 Å². The molecule has 2 atom stereocenters. The predicted octanol–water partition coefficient (Wildman–Crippen LogP) is 2.59. The van der Waals surface area contributed by atoms with E-state index in [0.717, 1.165) is 31.5 Å². The van der Waals surface area contributed by atoms with Gasteiger partial charge in [0, 0.05) is 18.5 Å². The molecule has 0 spiro atoms. The summed E-state index contributed by atoms with van der Waals surface area (Å²) in [5.74, 6) is 0. The average Bonchev–Trinajstić information content (AvgIpc) is 2.37. The molecule has 2 unspecified atom stereocenters. The second-order valence-electron chi connectivity index (χ2n) is 7.11. The van der Waals surface area contributed by atoms with Crippen molar-refractivity contribution in [1.82, 2.24) is 4.90 Å². The van der Waals surface area contributed by atoms with E-state index in [9.17, 15) is 10.2 Å². The minimum atomic E-state index is -0.591. The Morgan fingerprint density at radius 2 is 1.95 bits per heavy atom. The van der Waals surface area contributed by atoms with E-state index in [1.807, 2.05) is 37.3 Å². The van der Waals surface area contributed by atoms with E-state index in [1.165, 1.54) is 0 Å². The highest BCUT2D eigenvalue weighted by Gasteiger charge is 2.35. The molecule has 0 amide bonds. The first-order valence-electron chi connectivity index (χ1n) is 7.48. The van der Waals surface area contributed by atoms with E-state index < -0.39 is 11.7 Å². The summed E-state index contributed by atoms with van der Waals surface area (Å²) in [5, 5.41) is 20.8. The van der Waals surface area contributed by atoms with Crippen LogP contribution >= 0.6 is 0 Å². The molecule has 1 aliphatic rings. The zero-order valence-electron chi connectivity index (χ0n) is 12.8. The van der Waals surface area contributed by atoms with Crippen LogP contribution in [0.3, 0.4) is 0 Å². The third-order valence-electron chi connectivity index (χ3n) is 4.24. The van der Waals surface area contributed by atoms with Gasteiger partial charge < -0.3 is 10.2 Å². The molecule has 1 saturated heterocycles. The lowest BCUT2D eigenvalue weighted by atomic mass is 9.81. The van der Waals surface area contributed by atoms with Crippen LogP contribution in [0.15, 0.2) is 30.3 Å². The molecule has 1 aromatic carbocycles. The molecule has 2 N–H and O–H groups in total. The van der Waals surface area contributed by atoms with Gasteiger partial charge in [0.15, 0.2) is 0 Å². The van der Waals surface area contributed by atoms with Gasteiger partial charge in [-0.25, -0.2) is 0 Å². The van der Waals surface area contributed by atoms with Crippen molar-refractivity contribution in [2.45, 2.75) is 45.3 Å². The van der Waals surface area contributed by atoms with Crippen molar-refractivity contribution >= 4 is 0 Å². The van der Waals surface area contributed by atoms with Gasteiger partial charge in [-0.05, 0) is 31.9 Å². The van der Waals surface area contributed by atoms with Crippen LogP contribution in [-0.2, 0) is 0 Å². The summed E-state index contributed by atoms with van der Waals surface area (Å²) >= 11 is 0. The van der Waals surface area contributed by atoms with Crippen LogP contribution in [0.1, 0.15) is 45.3 Å². The zero-order chi connectivity index (χ0) is 14.8. The Morgan fingerprint density at radius 3 is 2.55 bits per heavy atom. The Balaban J connectivity index is 2.03. The van der Waals surface area contributed by atoms with E-state index in [4.69, 9.17) is 0 Å². The Kier molecular flexibility index (Phi) is 4.52. The first-order chi connectivity index (χ1) is 9.30. The first kappa shape index (κ1) is 15.5. The number of nitrogens with zero attached hydrogens (tertiary/aromatic N) is 1. The Hall–Kier alpha value is -0.900. The third-order valence-corrected chi connectivity index (χ3v) is 4.24. The molecule has 0 aliphatic carbocycles. The van der Waals surface area contributed by atoms with Crippen LogP contribution in [0.2, 0.25) is 0 Å². The lowest BCUT2D eigenvalue weighted by Gasteiger charge is -2.42. The van der Waals surface area contributed by atoms with Crippen molar-refractivity contribution in [3.05, 3.63) is 35.9 Å².